The van der Waals surface area contributed by atoms with Crippen molar-refractivity contribution in [1.82, 2.24) is 0 Å². The number of carbonyl (C=O) groups is 1. The zero-order valence-corrected chi connectivity index (χ0v) is 20.4. The summed E-state index contributed by atoms with van der Waals surface area (Å²) in [4.78, 5) is 15.1. The molecule has 34 heavy (non-hydrogen) atoms. The Morgan fingerprint density at radius 3 is 2.59 bits per heavy atom. The monoisotopic (exact) mass is 483 g/mol. The Kier molecular flexibility index (Phi) is 6.42. The second kappa shape index (κ2) is 9.49. The molecule has 2 aromatic carbocycles. The topological polar surface area (TPSA) is 87.7 Å². The molecule has 0 radical (unpaired) electrons. The Morgan fingerprint density at radius 2 is 1.88 bits per heavy atom. The first-order chi connectivity index (χ1) is 16.4. The molecule has 2 aliphatic carbocycles. The quantitative estimate of drug-likeness (QED) is 0.560. The second-order valence-electron chi connectivity index (χ2n) is 9.87. The van der Waals surface area contributed by atoms with Crippen LogP contribution in [-0.4, -0.2) is 34.5 Å². The number of nitrogens with one attached hydrogen (secondary N) is 2. The molecule has 5 rings (SSSR count). The summed E-state index contributed by atoms with van der Waals surface area (Å²) in [5, 5.41) is 2.97. The summed E-state index contributed by atoms with van der Waals surface area (Å²) in [7, 11) is -2.42. The van der Waals surface area contributed by atoms with Crippen molar-refractivity contribution in [3.05, 3.63) is 42.5 Å². The van der Waals surface area contributed by atoms with E-state index in [2.05, 4.69) is 14.9 Å². The van der Waals surface area contributed by atoms with Gasteiger partial charge in [0, 0.05) is 25.2 Å². The molecule has 2 N–H and O–H groups in total. The van der Waals surface area contributed by atoms with Crippen LogP contribution in [0.5, 0.6) is 5.75 Å². The number of amides is 1. The van der Waals surface area contributed by atoms with Gasteiger partial charge in [-0.15, -0.1) is 0 Å². The fraction of sp³-hybridized carbons (Fsp3) is 0.500. The Labute approximate surface area is 201 Å². The molecule has 3 aliphatic rings. The van der Waals surface area contributed by atoms with Gasteiger partial charge in [-0.3, -0.25) is 9.52 Å². The lowest BCUT2D eigenvalue weighted by atomic mass is 9.86. The fourth-order valence-electron chi connectivity index (χ4n) is 6.03. The first kappa shape index (κ1) is 23.0. The molecule has 0 unspecified atom stereocenters. The maximum absolute atomic E-state index is 13.5. The number of anilines is 3. The standard InChI is InChI=1S/C26H33N3O4S/c1-33-24-7-3-2-6-22(24)28-34(31,32)25-17-21(10-11-23(25)29-12-4-5-13-29)27-26(30)16-20-15-18-8-9-19(20)14-18/h2-3,6-7,10-11,17-20,28H,4-5,8-9,12-16H2,1H3,(H,27,30)/t18-,19+,20-/m0/s1. The van der Waals surface area contributed by atoms with Crippen molar-refractivity contribution in [3.63, 3.8) is 0 Å². The molecule has 0 aromatic heterocycles. The number of carbonyl (C=O) groups excluding carboxylic acids is 1. The normalized spacial score (nSPS) is 23.8. The maximum Gasteiger partial charge on any atom is 0.264 e. The average molecular weight is 484 g/mol. The average Bonchev–Trinajstić information content (AvgIpc) is 3.58. The first-order valence-electron chi connectivity index (χ1n) is 12.3. The summed E-state index contributed by atoms with van der Waals surface area (Å²) >= 11 is 0. The van der Waals surface area contributed by atoms with Crippen LogP contribution in [0.3, 0.4) is 0 Å². The number of para-hydroxylation sites is 2. The van der Waals surface area contributed by atoms with Crippen LogP contribution < -0.4 is 19.7 Å². The van der Waals surface area contributed by atoms with E-state index in [1.54, 1.807) is 30.3 Å². The second-order valence-corrected chi connectivity index (χ2v) is 11.5. The highest BCUT2D eigenvalue weighted by atomic mass is 32.2. The number of sulfonamides is 1. The Morgan fingerprint density at radius 1 is 1.09 bits per heavy atom. The summed E-state index contributed by atoms with van der Waals surface area (Å²) in [6, 6.07) is 12.2. The van der Waals surface area contributed by atoms with Gasteiger partial charge in [-0.1, -0.05) is 18.6 Å². The third kappa shape index (κ3) is 4.73. The summed E-state index contributed by atoms with van der Waals surface area (Å²) < 4.78 is 35.1. The lowest BCUT2D eigenvalue weighted by Crippen LogP contribution is -2.24. The number of hydrogen-bond donors (Lipinski definition) is 2. The lowest BCUT2D eigenvalue weighted by Gasteiger charge is -2.23. The number of fused-ring (bicyclic) bond motifs is 2. The van der Waals surface area contributed by atoms with E-state index in [-0.39, 0.29) is 10.8 Å². The molecular formula is C26H33N3O4S. The number of nitrogens with zero attached hydrogens (tertiary/aromatic N) is 1. The fourth-order valence-corrected chi connectivity index (χ4v) is 7.35. The van der Waals surface area contributed by atoms with Crippen LogP contribution >= 0.6 is 0 Å². The minimum absolute atomic E-state index is 0.0347. The number of methoxy groups -OCH3 is 1. The molecule has 182 valence electrons. The number of rotatable bonds is 8. The minimum Gasteiger partial charge on any atom is -0.495 e. The molecule has 1 saturated heterocycles. The van der Waals surface area contributed by atoms with Gasteiger partial charge in [-0.25, -0.2) is 8.42 Å². The molecule has 2 bridgehead atoms. The van der Waals surface area contributed by atoms with Crippen LogP contribution in [-0.2, 0) is 14.8 Å². The molecule has 2 aromatic rings. The molecule has 3 fully saturated rings. The van der Waals surface area contributed by atoms with E-state index in [1.807, 2.05) is 12.1 Å². The Hall–Kier alpha value is -2.74. The molecule has 1 heterocycles. The molecule has 2 saturated carbocycles. The van der Waals surface area contributed by atoms with Crippen molar-refractivity contribution in [2.24, 2.45) is 17.8 Å². The van der Waals surface area contributed by atoms with Gasteiger partial charge in [0.05, 0.1) is 18.5 Å². The van der Waals surface area contributed by atoms with Gasteiger partial charge in [0.15, 0.2) is 0 Å². The SMILES string of the molecule is COc1ccccc1NS(=O)(=O)c1cc(NC(=O)C[C@@H]2C[C@H]3CC[C@@H]2C3)ccc1N1CCCC1. The molecule has 7 nitrogen and oxygen atoms in total. The molecule has 3 atom stereocenters. The largest absolute Gasteiger partial charge is 0.495 e. The van der Waals surface area contributed by atoms with E-state index in [1.165, 1.54) is 26.4 Å². The van der Waals surface area contributed by atoms with E-state index in [9.17, 15) is 13.2 Å². The van der Waals surface area contributed by atoms with Crippen LogP contribution in [0.25, 0.3) is 0 Å². The molecular weight excluding hydrogens is 450 g/mol. The van der Waals surface area contributed by atoms with Crippen LogP contribution in [0.4, 0.5) is 17.1 Å². The molecule has 1 aliphatic heterocycles. The van der Waals surface area contributed by atoms with Crippen molar-refractivity contribution in [2.75, 3.05) is 35.1 Å². The van der Waals surface area contributed by atoms with Gasteiger partial charge in [0.2, 0.25) is 5.91 Å². The van der Waals surface area contributed by atoms with Crippen LogP contribution in [0.2, 0.25) is 0 Å². The highest BCUT2D eigenvalue weighted by Crippen LogP contribution is 2.49. The zero-order valence-electron chi connectivity index (χ0n) is 19.6. The van der Waals surface area contributed by atoms with E-state index < -0.39 is 10.0 Å². The third-order valence-electron chi connectivity index (χ3n) is 7.66. The van der Waals surface area contributed by atoms with Gasteiger partial charge in [-0.05, 0) is 80.2 Å². The predicted molar refractivity (Wildman–Crippen MR) is 134 cm³/mol. The Balaban J connectivity index is 1.39. The van der Waals surface area contributed by atoms with Crippen molar-refractivity contribution in [2.45, 2.75) is 49.8 Å². The third-order valence-corrected chi connectivity index (χ3v) is 9.06. The van der Waals surface area contributed by atoms with Crippen molar-refractivity contribution >= 4 is 33.0 Å². The van der Waals surface area contributed by atoms with E-state index in [0.29, 0.717) is 41.1 Å². The summed E-state index contributed by atoms with van der Waals surface area (Å²) in [5.74, 6) is 2.34. The van der Waals surface area contributed by atoms with Gasteiger partial charge < -0.3 is 15.0 Å². The molecule has 0 spiro atoms. The Bertz CT molecular complexity index is 1160. The first-order valence-corrected chi connectivity index (χ1v) is 13.8. The van der Waals surface area contributed by atoms with Crippen LogP contribution in [0.15, 0.2) is 47.4 Å². The summed E-state index contributed by atoms with van der Waals surface area (Å²) in [6.07, 6.45) is 7.53. The summed E-state index contributed by atoms with van der Waals surface area (Å²) in [5.41, 5.74) is 1.55. The van der Waals surface area contributed by atoms with Crippen molar-refractivity contribution < 1.29 is 17.9 Å². The van der Waals surface area contributed by atoms with Gasteiger partial charge in [0.25, 0.3) is 10.0 Å². The zero-order chi connectivity index (χ0) is 23.7. The summed E-state index contributed by atoms with van der Waals surface area (Å²) in [6.45, 7) is 1.63. The van der Waals surface area contributed by atoms with E-state index in [4.69, 9.17) is 4.74 Å². The smallest absolute Gasteiger partial charge is 0.264 e. The predicted octanol–water partition coefficient (Wildman–Crippen LogP) is 4.86. The highest BCUT2D eigenvalue weighted by molar-refractivity contribution is 7.93. The van der Waals surface area contributed by atoms with Crippen molar-refractivity contribution in [1.29, 1.82) is 0 Å². The highest BCUT2D eigenvalue weighted by Gasteiger charge is 2.40. The maximum atomic E-state index is 13.5. The number of benzene rings is 2. The van der Waals surface area contributed by atoms with Crippen LogP contribution in [0, 0.1) is 17.8 Å². The van der Waals surface area contributed by atoms with Gasteiger partial charge in [0.1, 0.15) is 10.6 Å². The minimum atomic E-state index is -3.92. The molecule has 8 heteroatoms. The van der Waals surface area contributed by atoms with Gasteiger partial charge >= 0.3 is 0 Å². The number of ether oxygens (including phenoxy) is 1. The van der Waals surface area contributed by atoms with E-state index >= 15 is 0 Å². The van der Waals surface area contributed by atoms with Crippen LogP contribution in [0.1, 0.15) is 44.9 Å². The van der Waals surface area contributed by atoms with Crippen molar-refractivity contribution in [3.8, 4) is 5.75 Å². The van der Waals surface area contributed by atoms with Gasteiger partial charge in [-0.2, -0.15) is 0 Å². The number of hydrogen-bond acceptors (Lipinski definition) is 5. The lowest BCUT2D eigenvalue weighted by molar-refractivity contribution is -0.117. The molecule has 1 amide bonds. The van der Waals surface area contributed by atoms with E-state index in [0.717, 1.165) is 38.3 Å².